The van der Waals surface area contributed by atoms with Crippen molar-refractivity contribution < 1.29 is 43.8 Å². The molecule has 0 spiro atoms. The Kier molecular flexibility index (Phi) is 6.03. The molecule has 3 aromatic rings. The Balaban J connectivity index is 1.84. The Hall–Kier alpha value is -4.11. The number of ether oxygens (including phenoxy) is 5. The summed E-state index contributed by atoms with van der Waals surface area (Å²) in [5.41, 5.74) is 0.509. The van der Waals surface area contributed by atoms with Gasteiger partial charge in [-0.3, -0.25) is 0 Å². The van der Waals surface area contributed by atoms with E-state index in [1.807, 2.05) is 6.92 Å². The van der Waals surface area contributed by atoms with Crippen LogP contribution in [0.3, 0.4) is 0 Å². The minimum Gasteiger partial charge on any atom is -0.504 e. The van der Waals surface area contributed by atoms with Crippen LogP contribution >= 0.6 is 0 Å². The fraction of sp³-hybridized carbons (Fsp3) is 0.321. The molecule has 2 aliphatic rings. The van der Waals surface area contributed by atoms with Gasteiger partial charge in [0.25, 0.3) is 0 Å². The third-order valence-corrected chi connectivity index (χ3v) is 7.20. The number of aliphatic hydroxyl groups is 1. The van der Waals surface area contributed by atoms with Gasteiger partial charge >= 0.3 is 5.97 Å². The fourth-order valence-corrected chi connectivity index (χ4v) is 5.05. The standard InChI is InChI=1S/C28H28O9/c1-14-10-16-11-18(29)22(30)24(33-3)20(16)21-17(12-19-23(25(21)34-4)36-13-35-19)26(28(14,2)32)37-27(31)15-8-6-5-7-9-15/h5-9,11-12,14,26,29-30,32H,10,13H2,1-4H3. The van der Waals surface area contributed by atoms with Gasteiger partial charge in [0.1, 0.15) is 5.60 Å². The summed E-state index contributed by atoms with van der Waals surface area (Å²) in [7, 11) is 2.83. The summed E-state index contributed by atoms with van der Waals surface area (Å²) in [6, 6.07) is 11.6. The van der Waals surface area contributed by atoms with Crippen molar-refractivity contribution in [2.24, 2.45) is 5.92 Å². The minimum atomic E-state index is -1.57. The number of carbonyl (C=O) groups is 1. The van der Waals surface area contributed by atoms with Crippen LogP contribution in [0.15, 0.2) is 42.5 Å². The zero-order chi connectivity index (χ0) is 26.5. The normalized spacial score (nSPS) is 21.8. The molecule has 37 heavy (non-hydrogen) atoms. The topological polar surface area (TPSA) is 124 Å². The van der Waals surface area contributed by atoms with Gasteiger partial charge in [0.2, 0.25) is 18.3 Å². The zero-order valence-corrected chi connectivity index (χ0v) is 20.9. The van der Waals surface area contributed by atoms with E-state index in [0.717, 1.165) is 0 Å². The molecule has 0 bridgehead atoms. The van der Waals surface area contributed by atoms with E-state index in [9.17, 15) is 20.1 Å². The molecule has 5 rings (SSSR count). The minimum absolute atomic E-state index is 0.00953. The first kappa shape index (κ1) is 24.6. The molecule has 3 unspecified atom stereocenters. The summed E-state index contributed by atoms with van der Waals surface area (Å²) in [4.78, 5) is 13.3. The van der Waals surface area contributed by atoms with Crippen molar-refractivity contribution in [1.82, 2.24) is 0 Å². The van der Waals surface area contributed by atoms with Gasteiger partial charge < -0.3 is 39.0 Å². The van der Waals surface area contributed by atoms with Gasteiger partial charge in [0, 0.05) is 16.7 Å². The zero-order valence-electron chi connectivity index (χ0n) is 20.9. The second-order valence-corrected chi connectivity index (χ2v) is 9.40. The molecule has 3 atom stereocenters. The number of carbonyl (C=O) groups excluding carboxylic acids is 1. The lowest BCUT2D eigenvalue weighted by molar-refractivity contribution is -0.107. The maximum absolute atomic E-state index is 13.3. The summed E-state index contributed by atoms with van der Waals surface area (Å²) < 4.78 is 28.7. The maximum Gasteiger partial charge on any atom is 0.338 e. The molecular formula is C28H28O9. The number of hydrogen-bond acceptors (Lipinski definition) is 9. The number of rotatable bonds is 4. The Morgan fingerprint density at radius 3 is 2.41 bits per heavy atom. The van der Waals surface area contributed by atoms with Crippen molar-refractivity contribution in [1.29, 1.82) is 0 Å². The number of aromatic hydroxyl groups is 2. The molecular weight excluding hydrogens is 480 g/mol. The number of phenolic OH excluding ortho intramolecular Hbond substituents is 2. The van der Waals surface area contributed by atoms with Gasteiger partial charge in [0.15, 0.2) is 29.1 Å². The van der Waals surface area contributed by atoms with Gasteiger partial charge in [-0.2, -0.15) is 0 Å². The van der Waals surface area contributed by atoms with Crippen LogP contribution in [0.5, 0.6) is 34.5 Å². The Morgan fingerprint density at radius 2 is 1.73 bits per heavy atom. The lowest BCUT2D eigenvalue weighted by atomic mass is 9.73. The van der Waals surface area contributed by atoms with E-state index in [4.69, 9.17) is 23.7 Å². The van der Waals surface area contributed by atoms with E-state index >= 15 is 0 Å². The van der Waals surface area contributed by atoms with Gasteiger partial charge in [-0.1, -0.05) is 25.1 Å². The highest BCUT2D eigenvalue weighted by atomic mass is 16.7. The summed E-state index contributed by atoms with van der Waals surface area (Å²) in [6.07, 6.45) is -0.925. The third kappa shape index (κ3) is 3.86. The second kappa shape index (κ2) is 9.08. The van der Waals surface area contributed by atoms with Gasteiger partial charge in [0.05, 0.1) is 19.8 Å². The predicted molar refractivity (Wildman–Crippen MR) is 133 cm³/mol. The lowest BCUT2D eigenvalue weighted by Crippen LogP contribution is -2.43. The summed E-state index contributed by atoms with van der Waals surface area (Å²) in [5, 5.41) is 33.1. The van der Waals surface area contributed by atoms with Crippen LogP contribution in [-0.2, 0) is 11.2 Å². The number of benzene rings is 3. The molecule has 0 amide bonds. The first-order valence-corrected chi connectivity index (χ1v) is 11.8. The van der Waals surface area contributed by atoms with E-state index in [1.165, 1.54) is 20.3 Å². The lowest BCUT2D eigenvalue weighted by Gasteiger charge is -2.41. The number of fused-ring (bicyclic) bond motifs is 4. The van der Waals surface area contributed by atoms with E-state index in [0.29, 0.717) is 39.3 Å². The fourth-order valence-electron chi connectivity index (χ4n) is 5.05. The number of hydrogen-bond donors (Lipinski definition) is 3. The van der Waals surface area contributed by atoms with Crippen LogP contribution in [-0.4, -0.2) is 47.9 Å². The molecule has 3 N–H and O–H groups in total. The Morgan fingerprint density at radius 1 is 1.03 bits per heavy atom. The molecule has 9 nitrogen and oxygen atoms in total. The molecule has 9 heteroatoms. The van der Waals surface area contributed by atoms with Crippen molar-refractivity contribution >= 4 is 5.97 Å². The SMILES string of the molecule is COc1c(O)c(O)cc2c1-c1c(cc3c(c1OC)OCO3)C(OC(=O)c1ccccc1)C(C)(O)C(C)C2. The quantitative estimate of drug-likeness (QED) is 0.348. The average molecular weight is 509 g/mol. The number of methoxy groups -OCH3 is 2. The highest BCUT2D eigenvalue weighted by molar-refractivity contribution is 5.91. The van der Waals surface area contributed by atoms with E-state index < -0.39 is 29.3 Å². The van der Waals surface area contributed by atoms with Crippen LogP contribution in [0.2, 0.25) is 0 Å². The van der Waals surface area contributed by atoms with Crippen molar-refractivity contribution in [2.45, 2.75) is 32.0 Å². The first-order valence-electron chi connectivity index (χ1n) is 11.8. The van der Waals surface area contributed by atoms with E-state index in [1.54, 1.807) is 43.3 Å². The van der Waals surface area contributed by atoms with Gasteiger partial charge in [-0.25, -0.2) is 4.79 Å². The molecule has 194 valence electrons. The highest BCUT2D eigenvalue weighted by Gasteiger charge is 2.47. The molecule has 1 aliphatic heterocycles. The first-order chi connectivity index (χ1) is 17.7. The summed E-state index contributed by atoms with van der Waals surface area (Å²) in [5.74, 6) is -0.982. The maximum atomic E-state index is 13.3. The molecule has 0 aromatic heterocycles. The number of esters is 1. The Labute approximate surface area is 213 Å². The van der Waals surface area contributed by atoms with Crippen molar-refractivity contribution in [3.05, 3.63) is 59.2 Å². The van der Waals surface area contributed by atoms with Crippen LogP contribution < -0.4 is 18.9 Å². The largest absolute Gasteiger partial charge is 0.504 e. The summed E-state index contributed by atoms with van der Waals surface area (Å²) >= 11 is 0. The third-order valence-electron chi connectivity index (χ3n) is 7.20. The smallest absolute Gasteiger partial charge is 0.338 e. The number of phenols is 2. The second-order valence-electron chi connectivity index (χ2n) is 9.40. The molecule has 0 saturated carbocycles. The summed E-state index contributed by atoms with van der Waals surface area (Å²) in [6.45, 7) is 3.36. The van der Waals surface area contributed by atoms with Crippen LogP contribution in [0.4, 0.5) is 0 Å². The molecule has 1 heterocycles. The van der Waals surface area contributed by atoms with Gasteiger partial charge in [-0.15, -0.1) is 0 Å². The molecule has 1 aliphatic carbocycles. The van der Waals surface area contributed by atoms with Crippen molar-refractivity contribution in [3.63, 3.8) is 0 Å². The van der Waals surface area contributed by atoms with E-state index in [-0.39, 0.29) is 30.5 Å². The van der Waals surface area contributed by atoms with Crippen LogP contribution in [0, 0.1) is 5.92 Å². The molecule has 0 fully saturated rings. The van der Waals surface area contributed by atoms with E-state index in [2.05, 4.69) is 0 Å². The average Bonchev–Trinajstić information content (AvgIpc) is 3.36. The van der Waals surface area contributed by atoms with Crippen molar-refractivity contribution in [3.8, 4) is 45.6 Å². The highest BCUT2D eigenvalue weighted by Crippen LogP contribution is 2.58. The Bertz CT molecular complexity index is 1360. The van der Waals surface area contributed by atoms with Gasteiger partial charge in [-0.05, 0) is 49.1 Å². The van der Waals surface area contributed by atoms with Crippen LogP contribution in [0.1, 0.15) is 41.4 Å². The molecule has 0 radical (unpaired) electrons. The van der Waals surface area contributed by atoms with Crippen LogP contribution in [0.25, 0.3) is 11.1 Å². The molecule has 0 saturated heterocycles. The van der Waals surface area contributed by atoms with Crippen molar-refractivity contribution in [2.75, 3.05) is 21.0 Å². The molecule has 3 aromatic carbocycles. The predicted octanol–water partition coefficient (Wildman–Crippen LogP) is 4.35. The monoisotopic (exact) mass is 508 g/mol.